The topological polar surface area (TPSA) is 66.4 Å². The molecule has 3 rings (SSSR count). The summed E-state index contributed by atoms with van der Waals surface area (Å²) in [5.74, 6) is -0.365. The third kappa shape index (κ3) is 8.11. The predicted molar refractivity (Wildman–Crippen MR) is 146 cm³/mol. The van der Waals surface area contributed by atoms with E-state index in [2.05, 4.69) is 82.4 Å². The SMILES string of the molecule is Cc1cc(C)cc(Nc2ccc(CCC(=O)O)c(C(=O)[AsH][C@H](CC(C)C)c3cccc(C)c3)c2)c1. The summed E-state index contributed by atoms with van der Waals surface area (Å²) in [6.07, 6.45) is 1.34. The number of carboxylic acid groups (broad SMARTS) is 1. The third-order valence-corrected chi connectivity index (χ3v) is 8.97. The van der Waals surface area contributed by atoms with Gasteiger partial charge in [-0.3, -0.25) is 0 Å². The molecule has 2 atom stereocenters. The normalized spacial score (nSPS) is 12.3. The van der Waals surface area contributed by atoms with E-state index in [9.17, 15) is 14.7 Å². The first-order valence-electron chi connectivity index (χ1n) is 12.2. The molecule has 3 aromatic carbocycles. The molecule has 2 N–H and O–H groups in total. The second kappa shape index (κ2) is 12.2. The van der Waals surface area contributed by atoms with Gasteiger partial charge in [0.05, 0.1) is 0 Å². The summed E-state index contributed by atoms with van der Waals surface area (Å²) in [5.41, 5.74) is 8.10. The molecule has 3 aromatic rings. The maximum atomic E-state index is 13.8. The Balaban J connectivity index is 1.93. The maximum absolute atomic E-state index is 13.8. The number of carbonyl (C=O) groups excluding carboxylic acids is 1. The van der Waals surface area contributed by atoms with Crippen molar-refractivity contribution in [2.45, 2.75) is 58.6 Å². The Morgan fingerprint density at radius 3 is 2.23 bits per heavy atom. The Kier molecular flexibility index (Phi) is 9.34. The Labute approximate surface area is 215 Å². The van der Waals surface area contributed by atoms with Crippen molar-refractivity contribution in [3.63, 3.8) is 0 Å². The zero-order valence-electron chi connectivity index (χ0n) is 21.3. The quantitative estimate of drug-likeness (QED) is 0.268. The minimum absolute atomic E-state index is 0.0113. The van der Waals surface area contributed by atoms with Crippen molar-refractivity contribution >= 4 is 37.7 Å². The first kappa shape index (κ1) is 26.8. The van der Waals surface area contributed by atoms with Crippen LogP contribution < -0.4 is 5.32 Å². The van der Waals surface area contributed by atoms with Crippen molar-refractivity contribution in [1.82, 2.24) is 0 Å². The molecule has 0 radical (unpaired) electrons. The van der Waals surface area contributed by atoms with E-state index in [0.29, 0.717) is 17.9 Å². The molecule has 0 aliphatic carbocycles. The van der Waals surface area contributed by atoms with E-state index < -0.39 is 21.7 Å². The predicted octanol–water partition coefficient (Wildman–Crippen LogP) is 6.74. The zero-order chi connectivity index (χ0) is 25.5. The monoisotopic (exact) mass is 533 g/mol. The summed E-state index contributed by atoms with van der Waals surface area (Å²) in [4.78, 5) is 25.0. The number of hydrogen-bond acceptors (Lipinski definition) is 3. The van der Waals surface area contributed by atoms with Gasteiger partial charge < -0.3 is 0 Å². The molecule has 0 aliphatic rings. The Bertz CT molecular complexity index is 1180. The third-order valence-electron chi connectivity index (χ3n) is 5.93. The average molecular weight is 534 g/mol. The van der Waals surface area contributed by atoms with E-state index in [0.717, 1.165) is 23.4 Å². The van der Waals surface area contributed by atoms with Gasteiger partial charge in [0.2, 0.25) is 0 Å². The van der Waals surface area contributed by atoms with Crippen LogP contribution in [-0.2, 0) is 11.2 Å². The molecule has 35 heavy (non-hydrogen) atoms. The van der Waals surface area contributed by atoms with E-state index in [1.165, 1.54) is 22.3 Å². The van der Waals surface area contributed by atoms with E-state index in [-0.39, 0.29) is 15.7 Å². The fourth-order valence-corrected chi connectivity index (χ4v) is 7.85. The van der Waals surface area contributed by atoms with Gasteiger partial charge in [-0.1, -0.05) is 0 Å². The molecule has 0 heterocycles. The van der Waals surface area contributed by atoms with E-state index in [4.69, 9.17) is 0 Å². The molecule has 0 saturated heterocycles. The Hall–Kier alpha value is -2.84. The molecule has 0 aromatic heterocycles. The minimum atomic E-state index is -1.02. The van der Waals surface area contributed by atoms with Crippen molar-refractivity contribution < 1.29 is 14.7 Å². The molecule has 4 nitrogen and oxygen atoms in total. The summed E-state index contributed by atoms with van der Waals surface area (Å²) in [7, 11) is 0. The Morgan fingerprint density at radius 2 is 1.60 bits per heavy atom. The van der Waals surface area contributed by atoms with Crippen LogP contribution in [0.1, 0.15) is 69.6 Å². The fraction of sp³-hybridized carbons (Fsp3) is 0.333. The van der Waals surface area contributed by atoms with Crippen molar-refractivity contribution in [2.24, 2.45) is 5.92 Å². The number of rotatable bonds is 11. The number of aliphatic carboxylic acids is 1. The molecule has 0 fully saturated rings. The van der Waals surface area contributed by atoms with E-state index in [1.807, 2.05) is 18.2 Å². The van der Waals surface area contributed by atoms with Gasteiger partial charge in [0, 0.05) is 0 Å². The molecule has 5 heteroatoms. The Morgan fingerprint density at radius 1 is 0.886 bits per heavy atom. The van der Waals surface area contributed by atoms with Crippen LogP contribution in [0.2, 0.25) is 0 Å². The van der Waals surface area contributed by atoms with Gasteiger partial charge in [-0.2, -0.15) is 0 Å². The summed E-state index contributed by atoms with van der Waals surface area (Å²) in [5, 5.41) is 12.7. The van der Waals surface area contributed by atoms with E-state index >= 15 is 0 Å². The fourth-order valence-electron chi connectivity index (χ4n) is 4.41. The van der Waals surface area contributed by atoms with Gasteiger partial charge in [-0.15, -0.1) is 0 Å². The molecule has 184 valence electrons. The molecule has 0 saturated carbocycles. The second-order valence-electron chi connectivity index (χ2n) is 9.84. The number of carbonyl (C=O) groups is 2. The number of carboxylic acids is 1. The zero-order valence-corrected chi connectivity index (χ0v) is 23.4. The van der Waals surface area contributed by atoms with Gasteiger partial charge in [0.15, 0.2) is 0 Å². The van der Waals surface area contributed by atoms with Crippen molar-refractivity contribution in [2.75, 3.05) is 5.32 Å². The van der Waals surface area contributed by atoms with Crippen molar-refractivity contribution in [3.05, 3.63) is 94.0 Å². The van der Waals surface area contributed by atoms with Crippen LogP contribution in [-0.4, -0.2) is 31.4 Å². The van der Waals surface area contributed by atoms with Crippen LogP contribution in [0.25, 0.3) is 0 Å². The van der Waals surface area contributed by atoms with Crippen LogP contribution >= 0.6 is 0 Å². The van der Waals surface area contributed by atoms with Crippen LogP contribution in [0.4, 0.5) is 11.4 Å². The standard InChI is InChI=1S/C30H36AsNO3/c1-19(2)13-28(24-8-6-7-20(3)15-24)31-30(35)27-18-25(11-9-23(27)10-12-29(33)34)32-26-16-21(4)14-22(5)17-26/h6-9,11,14-19,28,31-32H,10,12-13H2,1-5H3,(H,33,34)/t28-/m1/s1. The van der Waals surface area contributed by atoms with Gasteiger partial charge in [-0.25, -0.2) is 0 Å². The number of benzene rings is 3. The summed E-state index contributed by atoms with van der Waals surface area (Å²) >= 11 is -1.02. The van der Waals surface area contributed by atoms with Gasteiger partial charge in [-0.05, 0) is 0 Å². The van der Waals surface area contributed by atoms with Crippen LogP contribution in [0.3, 0.4) is 0 Å². The molecular weight excluding hydrogens is 497 g/mol. The summed E-state index contributed by atoms with van der Waals surface area (Å²) < 4.78 is 0.423. The second-order valence-corrected chi connectivity index (χ2v) is 12.9. The number of hydrogen-bond donors (Lipinski definition) is 2. The molecule has 1 unspecified atom stereocenters. The van der Waals surface area contributed by atoms with Crippen LogP contribution in [0.15, 0.2) is 60.7 Å². The van der Waals surface area contributed by atoms with Gasteiger partial charge in [0.25, 0.3) is 0 Å². The first-order chi connectivity index (χ1) is 16.6. The number of anilines is 2. The number of nitrogens with one attached hydrogen (secondary N) is 1. The molecule has 0 amide bonds. The molecule has 0 bridgehead atoms. The van der Waals surface area contributed by atoms with Gasteiger partial charge in [0.1, 0.15) is 0 Å². The average Bonchev–Trinajstić information content (AvgIpc) is 2.76. The summed E-state index contributed by atoms with van der Waals surface area (Å²) in [6.45, 7) is 10.6. The van der Waals surface area contributed by atoms with Crippen LogP contribution in [0.5, 0.6) is 0 Å². The molecule has 0 spiro atoms. The molecule has 0 aliphatic heterocycles. The van der Waals surface area contributed by atoms with E-state index in [1.54, 1.807) is 0 Å². The number of aryl methyl sites for hydroxylation is 4. The molecular formula is C30H36AsNO3. The van der Waals surface area contributed by atoms with Gasteiger partial charge >= 0.3 is 216 Å². The van der Waals surface area contributed by atoms with Crippen molar-refractivity contribution in [3.8, 4) is 0 Å². The van der Waals surface area contributed by atoms with Crippen molar-refractivity contribution in [1.29, 1.82) is 0 Å². The van der Waals surface area contributed by atoms with Crippen LogP contribution in [0, 0.1) is 26.7 Å². The first-order valence-corrected chi connectivity index (χ1v) is 14.4. The summed E-state index contributed by atoms with van der Waals surface area (Å²) in [6, 6.07) is 20.6.